The summed E-state index contributed by atoms with van der Waals surface area (Å²) in [5, 5.41) is 7.42. The third kappa shape index (κ3) is 1.63. The molecule has 5 nitrogen and oxygen atoms in total. The zero-order valence-electron chi connectivity index (χ0n) is 9.32. The number of amides is 1. The van der Waals surface area contributed by atoms with Gasteiger partial charge in [0.1, 0.15) is 6.04 Å². The summed E-state index contributed by atoms with van der Waals surface area (Å²) in [4.78, 5) is 13.5. The van der Waals surface area contributed by atoms with Crippen LogP contribution < -0.4 is 5.32 Å². The maximum Gasteiger partial charge on any atom is 0.243 e. The second-order valence-corrected chi connectivity index (χ2v) is 4.04. The Bertz CT molecular complexity index is 383. The molecule has 0 aliphatic carbocycles. The number of hydrogen-bond acceptors (Lipinski definition) is 3. The highest BCUT2D eigenvalue weighted by Gasteiger charge is 2.29. The van der Waals surface area contributed by atoms with Gasteiger partial charge in [-0.2, -0.15) is 5.10 Å². The number of fused-ring (bicyclic) bond motifs is 1. The van der Waals surface area contributed by atoms with Gasteiger partial charge in [-0.3, -0.25) is 9.48 Å². The smallest absolute Gasteiger partial charge is 0.243 e. The number of rotatable bonds is 1. The summed E-state index contributed by atoms with van der Waals surface area (Å²) in [6.45, 7) is 0.830. The minimum Gasteiger partial charge on any atom is -0.347 e. The first-order valence-electron chi connectivity index (χ1n) is 5.06. The van der Waals surface area contributed by atoms with Gasteiger partial charge in [-0.05, 0) is 0 Å². The average molecular weight is 208 g/mol. The highest BCUT2D eigenvalue weighted by Crippen LogP contribution is 2.23. The zero-order valence-corrected chi connectivity index (χ0v) is 9.32. The molecule has 15 heavy (non-hydrogen) atoms. The van der Waals surface area contributed by atoms with Crippen molar-refractivity contribution in [3.8, 4) is 0 Å². The minimum atomic E-state index is -0.225. The first-order chi connectivity index (χ1) is 7.11. The van der Waals surface area contributed by atoms with E-state index in [0.717, 1.165) is 24.2 Å². The molecular formula is C10H16N4O. The summed E-state index contributed by atoms with van der Waals surface area (Å²) in [6.07, 6.45) is 2.72. The van der Waals surface area contributed by atoms with E-state index in [0.29, 0.717) is 0 Å². The summed E-state index contributed by atoms with van der Waals surface area (Å²) in [7, 11) is 5.46. The molecule has 1 atom stereocenters. The fraction of sp³-hybridized carbons (Fsp3) is 0.600. The van der Waals surface area contributed by atoms with E-state index in [4.69, 9.17) is 0 Å². The van der Waals surface area contributed by atoms with Crippen LogP contribution >= 0.6 is 0 Å². The van der Waals surface area contributed by atoms with Crippen molar-refractivity contribution < 1.29 is 4.79 Å². The Hall–Kier alpha value is -1.36. The Balaban J connectivity index is 2.34. The Kier molecular flexibility index (Phi) is 2.48. The van der Waals surface area contributed by atoms with Crippen LogP contribution in [0.1, 0.15) is 17.3 Å². The van der Waals surface area contributed by atoms with Gasteiger partial charge in [0.05, 0.1) is 6.20 Å². The van der Waals surface area contributed by atoms with E-state index in [2.05, 4.69) is 10.4 Å². The summed E-state index contributed by atoms with van der Waals surface area (Å²) in [5.41, 5.74) is 2.18. The van der Waals surface area contributed by atoms with Gasteiger partial charge in [0.25, 0.3) is 0 Å². The first kappa shape index (κ1) is 10.2. The molecule has 0 bridgehead atoms. The van der Waals surface area contributed by atoms with Gasteiger partial charge in [-0.25, -0.2) is 0 Å². The molecule has 1 unspecified atom stereocenters. The number of nitrogens with zero attached hydrogens (tertiary/aromatic N) is 3. The van der Waals surface area contributed by atoms with Crippen molar-refractivity contribution in [3.63, 3.8) is 0 Å². The molecule has 0 saturated heterocycles. The van der Waals surface area contributed by atoms with Crippen LogP contribution in [-0.2, 0) is 18.3 Å². The van der Waals surface area contributed by atoms with Crippen LogP contribution in [0.2, 0.25) is 0 Å². The maximum atomic E-state index is 11.9. The quantitative estimate of drug-likeness (QED) is 0.689. The van der Waals surface area contributed by atoms with Crippen LogP contribution in [0.3, 0.4) is 0 Å². The van der Waals surface area contributed by atoms with Crippen molar-refractivity contribution >= 4 is 5.91 Å². The fourth-order valence-corrected chi connectivity index (χ4v) is 1.95. The van der Waals surface area contributed by atoms with Crippen LogP contribution in [0.4, 0.5) is 0 Å². The molecule has 1 N–H and O–H groups in total. The van der Waals surface area contributed by atoms with Gasteiger partial charge in [-0.1, -0.05) is 0 Å². The van der Waals surface area contributed by atoms with Crippen molar-refractivity contribution in [2.45, 2.75) is 12.5 Å². The minimum absolute atomic E-state index is 0.0870. The van der Waals surface area contributed by atoms with Crippen LogP contribution in [0.25, 0.3) is 0 Å². The Morgan fingerprint density at radius 1 is 1.67 bits per heavy atom. The second kappa shape index (κ2) is 3.66. The molecule has 1 aliphatic heterocycles. The summed E-state index contributed by atoms with van der Waals surface area (Å²) >= 11 is 0. The number of hydrogen-bond donors (Lipinski definition) is 1. The molecule has 1 aliphatic rings. The third-order valence-electron chi connectivity index (χ3n) is 2.80. The average Bonchev–Trinajstić information content (AvgIpc) is 2.59. The zero-order chi connectivity index (χ0) is 11.0. The summed E-state index contributed by atoms with van der Waals surface area (Å²) in [6, 6.07) is -0.225. The van der Waals surface area contributed by atoms with Crippen molar-refractivity contribution in [2.24, 2.45) is 7.05 Å². The topological polar surface area (TPSA) is 50.2 Å². The first-order valence-corrected chi connectivity index (χ1v) is 5.06. The molecule has 1 aromatic heterocycles. The maximum absolute atomic E-state index is 11.9. The number of nitrogens with one attached hydrogen (secondary N) is 1. The molecule has 0 aromatic carbocycles. The molecule has 0 fully saturated rings. The normalized spacial score (nSPS) is 19.8. The number of carbonyl (C=O) groups excluding carboxylic acids is 1. The molecule has 1 aromatic rings. The second-order valence-electron chi connectivity index (χ2n) is 4.04. The number of carbonyl (C=O) groups is 1. The van der Waals surface area contributed by atoms with Crippen molar-refractivity contribution in [2.75, 3.05) is 20.6 Å². The van der Waals surface area contributed by atoms with Gasteiger partial charge in [0.15, 0.2) is 0 Å². The largest absolute Gasteiger partial charge is 0.347 e. The highest BCUT2D eigenvalue weighted by atomic mass is 16.2. The predicted molar refractivity (Wildman–Crippen MR) is 56.3 cm³/mol. The van der Waals surface area contributed by atoms with E-state index < -0.39 is 0 Å². The van der Waals surface area contributed by atoms with Gasteiger partial charge in [0.2, 0.25) is 5.91 Å². The molecule has 5 heteroatoms. The Morgan fingerprint density at radius 2 is 2.40 bits per heavy atom. The van der Waals surface area contributed by atoms with Crippen molar-refractivity contribution in [3.05, 3.63) is 17.5 Å². The molecular weight excluding hydrogens is 192 g/mol. The van der Waals surface area contributed by atoms with Gasteiger partial charge in [0, 0.05) is 45.4 Å². The van der Waals surface area contributed by atoms with Crippen molar-refractivity contribution in [1.29, 1.82) is 0 Å². The van der Waals surface area contributed by atoms with Gasteiger partial charge in [-0.15, -0.1) is 0 Å². The highest BCUT2D eigenvalue weighted by molar-refractivity contribution is 5.83. The van der Waals surface area contributed by atoms with Gasteiger partial charge < -0.3 is 10.2 Å². The monoisotopic (exact) mass is 208 g/mol. The van der Waals surface area contributed by atoms with E-state index in [1.54, 1.807) is 25.2 Å². The van der Waals surface area contributed by atoms with E-state index in [-0.39, 0.29) is 11.9 Å². The number of likely N-dealkylation sites (N-methyl/N-ethyl adjacent to an activating group) is 1. The van der Waals surface area contributed by atoms with E-state index in [1.807, 2.05) is 11.7 Å². The molecule has 1 amide bonds. The lowest BCUT2D eigenvalue weighted by atomic mass is 10.0. The van der Waals surface area contributed by atoms with Gasteiger partial charge >= 0.3 is 0 Å². The molecule has 82 valence electrons. The predicted octanol–water partition coefficient (Wildman–Crippen LogP) is -0.305. The fourth-order valence-electron chi connectivity index (χ4n) is 1.95. The lowest BCUT2D eigenvalue weighted by Gasteiger charge is -2.25. The van der Waals surface area contributed by atoms with Crippen LogP contribution in [0.15, 0.2) is 6.20 Å². The molecule has 0 radical (unpaired) electrons. The molecule has 0 saturated carbocycles. The Labute approximate surface area is 89.1 Å². The van der Waals surface area contributed by atoms with Crippen molar-refractivity contribution in [1.82, 2.24) is 20.0 Å². The third-order valence-corrected chi connectivity index (χ3v) is 2.80. The van der Waals surface area contributed by atoms with E-state index in [9.17, 15) is 4.79 Å². The van der Waals surface area contributed by atoms with E-state index in [1.165, 1.54) is 0 Å². The number of aromatic nitrogens is 2. The number of aryl methyl sites for hydroxylation is 1. The molecule has 0 spiro atoms. The lowest BCUT2D eigenvalue weighted by molar-refractivity contribution is -0.131. The summed E-state index contributed by atoms with van der Waals surface area (Å²) in [5.74, 6) is 0.0870. The van der Waals surface area contributed by atoms with Crippen LogP contribution in [0, 0.1) is 0 Å². The van der Waals surface area contributed by atoms with Crippen LogP contribution in [0.5, 0.6) is 0 Å². The van der Waals surface area contributed by atoms with E-state index >= 15 is 0 Å². The lowest BCUT2D eigenvalue weighted by Crippen LogP contribution is -2.40. The standard InChI is InChI=1S/C10H16N4O/c1-13(2)10(15)9-7-6-12-14(3)8(7)4-5-11-9/h6,9,11H,4-5H2,1-3H3. The SMILES string of the molecule is CN(C)C(=O)C1NCCc2c1cnn2C. The molecule has 2 rings (SSSR count). The molecule has 2 heterocycles. The van der Waals surface area contributed by atoms with Crippen LogP contribution in [-0.4, -0.2) is 41.2 Å². The summed E-state index contributed by atoms with van der Waals surface area (Å²) < 4.78 is 1.85. The Morgan fingerprint density at radius 3 is 3.07 bits per heavy atom.